The summed E-state index contributed by atoms with van der Waals surface area (Å²) in [7, 11) is 0. The zero-order valence-electron chi connectivity index (χ0n) is 23.0. The van der Waals surface area contributed by atoms with Crippen LogP contribution in [0.3, 0.4) is 0 Å². The summed E-state index contributed by atoms with van der Waals surface area (Å²) in [4.78, 5) is 8.22. The standard InChI is InChI=1S/C29H30ClF4N7/c1-6-16-12-35-26-18(30)11-19(23(32)22(26)24(16)36-14-28(3,4)5)38-25(17-7-8-21(31)37-15(17)2)20-13-41(40-39-20)29(9-10-29)27(33)34/h1,7-8,11-13,25,27,38-40H,9-10,14H2,2-5H3,(H,35,36)/t25-/m0/s1. The summed E-state index contributed by atoms with van der Waals surface area (Å²) in [6.45, 7) is 8.18. The van der Waals surface area contributed by atoms with Crippen LogP contribution in [-0.4, -0.2) is 33.5 Å². The lowest BCUT2D eigenvalue weighted by atomic mass is 9.96. The lowest BCUT2D eigenvalue weighted by Crippen LogP contribution is -2.48. The SMILES string of the molecule is C#Cc1cnc2c(Cl)cc(N[C@H](C3=CN(C4(C(F)F)CC4)NN3)c3ccc(F)nc3C)c(F)c2c1NCC(C)(C)C. The quantitative estimate of drug-likeness (QED) is 0.138. The van der Waals surface area contributed by atoms with E-state index in [0.717, 1.165) is 0 Å². The fourth-order valence-electron chi connectivity index (χ4n) is 4.78. The van der Waals surface area contributed by atoms with E-state index in [2.05, 4.69) is 37.5 Å². The molecule has 5 rings (SSSR count). The molecule has 1 aromatic carbocycles. The van der Waals surface area contributed by atoms with Crippen molar-refractivity contribution in [3.05, 3.63) is 69.9 Å². The highest BCUT2D eigenvalue weighted by atomic mass is 35.5. The monoisotopic (exact) mass is 587 g/mol. The van der Waals surface area contributed by atoms with Gasteiger partial charge in [0, 0.05) is 30.2 Å². The number of hydrazine groups is 2. The number of hydrogen-bond donors (Lipinski definition) is 4. The summed E-state index contributed by atoms with van der Waals surface area (Å²) in [5.41, 5.74) is 6.41. The van der Waals surface area contributed by atoms with Gasteiger partial charge in [-0.05, 0) is 37.3 Å². The number of anilines is 2. The Morgan fingerprint density at radius 2 is 1.98 bits per heavy atom. The Bertz CT molecular complexity index is 1570. The number of rotatable bonds is 8. The number of nitrogens with zero attached hydrogens (tertiary/aromatic N) is 3. The summed E-state index contributed by atoms with van der Waals surface area (Å²) in [5.74, 6) is 1.20. The molecule has 0 amide bonds. The van der Waals surface area contributed by atoms with Gasteiger partial charge in [0.05, 0.1) is 44.6 Å². The van der Waals surface area contributed by atoms with E-state index in [1.165, 1.54) is 35.6 Å². The molecule has 41 heavy (non-hydrogen) atoms. The Balaban J connectivity index is 1.62. The maximum atomic E-state index is 16.4. The van der Waals surface area contributed by atoms with Crippen LogP contribution in [0, 0.1) is 36.4 Å². The molecule has 1 aliphatic heterocycles. The van der Waals surface area contributed by atoms with Crippen LogP contribution < -0.4 is 21.6 Å². The topological polar surface area (TPSA) is 77.1 Å². The highest BCUT2D eigenvalue weighted by molar-refractivity contribution is 6.36. The second-order valence-corrected chi connectivity index (χ2v) is 11.9. The van der Waals surface area contributed by atoms with Gasteiger partial charge in [-0.1, -0.05) is 44.4 Å². The molecule has 0 spiro atoms. The largest absolute Gasteiger partial charge is 0.383 e. The lowest BCUT2D eigenvalue weighted by molar-refractivity contribution is 0.00911. The maximum Gasteiger partial charge on any atom is 0.262 e. The van der Waals surface area contributed by atoms with Crippen molar-refractivity contribution in [2.45, 2.75) is 58.5 Å². The molecule has 1 aliphatic carbocycles. The molecule has 3 aromatic rings. The number of fused-ring (bicyclic) bond motifs is 1. The minimum Gasteiger partial charge on any atom is -0.383 e. The van der Waals surface area contributed by atoms with E-state index in [9.17, 15) is 13.2 Å². The van der Waals surface area contributed by atoms with Gasteiger partial charge in [0.25, 0.3) is 6.43 Å². The van der Waals surface area contributed by atoms with Gasteiger partial charge >= 0.3 is 0 Å². The second-order valence-electron chi connectivity index (χ2n) is 11.5. The first-order valence-corrected chi connectivity index (χ1v) is 13.4. The molecule has 1 atom stereocenters. The molecule has 2 aromatic heterocycles. The van der Waals surface area contributed by atoms with E-state index in [0.29, 0.717) is 47.6 Å². The molecular formula is C29H30ClF4N7. The summed E-state index contributed by atoms with van der Waals surface area (Å²) < 4.78 is 58.0. The number of halogens is 5. The van der Waals surface area contributed by atoms with Gasteiger partial charge in [0.15, 0.2) is 5.82 Å². The number of aryl methyl sites for hydroxylation is 1. The first kappa shape index (κ1) is 28.8. The number of alkyl halides is 2. The molecule has 12 heteroatoms. The molecular weight excluding hydrogens is 558 g/mol. The minimum absolute atomic E-state index is 0.00199. The zero-order valence-corrected chi connectivity index (χ0v) is 23.7. The smallest absolute Gasteiger partial charge is 0.262 e. The highest BCUT2D eigenvalue weighted by Crippen LogP contribution is 2.47. The van der Waals surface area contributed by atoms with E-state index < -0.39 is 29.8 Å². The molecule has 2 aliphatic rings. The Labute approximate surface area is 240 Å². The van der Waals surface area contributed by atoms with Gasteiger partial charge in [-0.15, -0.1) is 12.0 Å². The average Bonchev–Trinajstić information content (AvgIpc) is 3.58. The van der Waals surface area contributed by atoms with Crippen LogP contribution in [0.15, 0.2) is 36.3 Å². The van der Waals surface area contributed by atoms with Crippen molar-refractivity contribution in [1.82, 2.24) is 25.9 Å². The van der Waals surface area contributed by atoms with Gasteiger partial charge in [0.2, 0.25) is 5.95 Å². The third kappa shape index (κ3) is 5.46. The lowest BCUT2D eigenvalue weighted by Gasteiger charge is -2.25. The van der Waals surface area contributed by atoms with Gasteiger partial charge in [-0.2, -0.15) is 4.39 Å². The van der Waals surface area contributed by atoms with Crippen molar-refractivity contribution in [2.75, 3.05) is 17.2 Å². The molecule has 0 radical (unpaired) electrons. The van der Waals surface area contributed by atoms with Gasteiger partial charge in [-0.25, -0.2) is 18.2 Å². The second kappa shape index (κ2) is 10.6. The summed E-state index contributed by atoms with van der Waals surface area (Å²) in [6.07, 6.45) is 6.74. The van der Waals surface area contributed by atoms with E-state index in [4.69, 9.17) is 18.0 Å². The van der Waals surface area contributed by atoms with Crippen LogP contribution >= 0.6 is 11.6 Å². The van der Waals surface area contributed by atoms with Crippen molar-refractivity contribution in [1.29, 1.82) is 0 Å². The number of hydrogen-bond acceptors (Lipinski definition) is 7. The van der Waals surface area contributed by atoms with Crippen molar-refractivity contribution in [3.8, 4) is 12.3 Å². The molecule has 7 nitrogen and oxygen atoms in total. The molecule has 4 N–H and O–H groups in total. The average molecular weight is 588 g/mol. The molecule has 216 valence electrons. The van der Waals surface area contributed by atoms with Crippen molar-refractivity contribution < 1.29 is 17.6 Å². The number of benzene rings is 1. The summed E-state index contributed by atoms with van der Waals surface area (Å²) in [5, 5.41) is 8.01. The normalized spacial score (nSPS) is 16.8. The number of terminal acetylenes is 1. The van der Waals surface area contributed by atoms with Crippen LogP contribution in [0.5, 0.6) is 0 Å². The van der Waals surface area contributed by atoms with Crippen LogP contribution in [-0.2, 0) is 0 Å². The fraction of sp³-hybridized carbons (Fsp3) is 0.379. The molecule has 1 saturated carbocycles. The molecule has 0 bridgehead atoms. The molecule has 0 saturated heterocycles. The predicted molar refractivity (Wildman–Crippen MR) is 152 cm³/mol. The van der Waals surface area contributed by atoms with Crippen LogP contribution in [0.1, 0.15) is 56.5 Å². The first-order chi connectivity index (χ1) is 19.3. The Morgan fingerprint density at radius 1 is 1.24 bits per heavy atom. The molecule has 0 unspecified atom stereocenters. The highest BCUT2D eigenvalue weighted by Gasteiger charge is 2.56. The van der Waals surface area contributed by atoms with Gasteiger partial charge < -0.3 is 16.1 Å². The van der Waals surface area contributed by atoms with E-state index in [1.807, 2.05) is 20.8 Å². The maximum absolute atomic E-state index is 16.4. The van der Waals surface area contributed by atoms with Crippen molar-refractivity contribution in [2.24, 2.45) is 5.41 Å². The third-order valence-corrected chi connectivity index (χ3v) is 7.52. The molecule has 1 fully saturated rings. The predicted octanol–water partition coefficient (Wildman–Crippen LogP) is 6.43. The van der Waals surface area contributed by atoms with E-state index in [1.54, 1.807) is 6.92 Å². The van der Waals surface area contributed by atoms with Crippen molar-refractivity contribution >= 4 is 33.9 Å². The number of pyridine rings is 2. The fourth-order valence-corrected chi connectivity index (χ4v) is 5.04. The number of nitrogens with one attached hydrogen (secondary N) is 4. The Hall–Kier alpha value is -3.75. The van der Waals surface area contributed by atoms with E-state index >= 15 is 4.39 Å². The zero-order chi connectivity index (χ0) is 29.7. The van der Waals surface area contributed by atoms with Crippen LogP contribution in [0.4, 0.5) is 28.9 Å². The third-order valence-electron chi connectivity index (χ3n) is 7.23. The van der Waals surface area contributed by atoms with Gasteiger partial charge in [0.1, 0.15) is 5.54 Å². The first-order valence-electron chi connectivity index (χ1n) is 13.1. The van der Waals surface area contributed by atoms with E-state index in [-0.39, 0.29) is 27.0 Å². The summed E-state index contributed by atoms with van der Waals surface area (Å²) in [6, 6.07) is 3.24. The van der Waals surface area contributed by atoms with Crippen molar-refractivity contribution in [3.63, 3.8) is 0 Å². The minimum atomic E-state index is -2.58. The Kier molecular flexibility index (Phi) is 7.42. The van der Waals surface area contributed by atoms with Crippen LogP contribution in [0.2, 0.25) is 5.02 Å². The Morgan fingerprint density at radius 3 is 2.59 bits per heavy atom. The van der Waals surface area contributed by atoms with Gasteiger partial charge in [-0.3, -0.25) is 9.99 Å². The molecule has 3 heterocycles. The number of aromatic nitrogens is 2. The van der Waals surface area contributed by atoms with Crippen LogP contribution in [0.25, 0.3) is 10.9 Å². The summed E-state index contributed by atoms with van der Waals surface area (Å²) >= 11 is 6.61.